The number of nitrogens with one attached hydrogen (secondary N) is 1. The summed E-state index contributed by atoms with van der Waals surface area (Å²) in [4.78, 5) is 20.4. The highest BCUT2D eigenvalue weighted by molar-refractivity contribution is 5.56. The van der Waals surface area contributed by atoms with Crippen LogP contribution in [-0.4, -0.2) is 24.6 Å². The third kappa shape index (κ3) is 1.42. The lowest BCUT2D eigenvalue weighted by molar-refractivity contribution is 1.02. The molecule has 6 nitrogen and oxygen atoms in total. The molecular formula is C11H9N5O. The van der Waals surface area contributed by atoms with Gasteiger partial charge >= 0.3 is 0 Å². The molecule has 0 saturated carbocycles. The van der Waals surface area contributed by atoms with Crippen LogP contribution in [0, 0.1) is 6.92 Å². The van der Waals surface area contributed by atoms with Gasteiger partial charge in [0.25, 0.3) is 5.56 Å². The Morgan fingerprint density at radius 1 is 1.35 bits per heavy atom. The molecule has 0 saturated heterocycles. The largest absolute Gasteiger partial charge is 0.268 e. The number of aryl methyl sites for hydroxylation is 1. The van der Waals surface area contributed by atoms with Crippen LogP contribution in [0.5, 0.6) is 0 Å². The zero-order chi connectivity index (χ0) is 11.8. The van der Waals surface area contributed by atoms with Crippen molar-refractivity contribution in [2.24, 2.45) is 0 Å². The summed E-state index contributed by atoms with van der Waals surface area (Å²) in [5.74, 6) is 0.429. The predicted octanol–water partition coefficient (Wildman–Crippen LogP) is 0.788. The molecule has 0 aliphatic rings. The highest BCUT2D eigenvalue weighted by Crippen LogP contribution is 2.09. The van der Waals surface area contributed by atoms with Crippen LogP contribution in [0.3, 0.4) is 0 Å². The van der Waals surface area contributed by atoms with Crippen molar-refractivity contribution in [3.63, 3.8) is 0 Å². The van der Waals surface area contributed by atoms with E-state index < -0.39 is 0 Å². The maximum atomic E-state index is 12.2. The molecular weight excluding hydrogens is 218 g/mol. The molecule has 6 heteroatoms. The number of hydrogen-bond acceptors (Lipinski definition) is 4. The van der Waals surface area contributed by atoms with Crippen LogP contribution in [0.15, 0.2) is 35.6 Å². The number of aromatic nitrogens is 5. The summed E-state index contributed by atoms with van der Waals surface area (Å²) in [5, 5.41) is 6.38. The van der Waals surface area contributed by atoms with Gasteiger partial charge in [-0.3, -0.25) is 14.3 Å². The molecule has 17 heavy (non-hydrogen) atoms. The van der Waals surface area contributed by atoms with E-state index in [0.717, 1.165) is 5.56 Å². The number of hydrogen-bond donors (Lipinski definition) is 1. The molecule has 0 aliphatic heterocycles. The second kappa shape index (κ2) is 3.51. The fourth-order valence-corrected chi connectivity index (χ4v) is 1.74. The number of rotatable bonds is 1. The molecule has 84 valence electrons. The van der Waals surface area contributed by atoms with E-state index in [2.05, 4.69) is 20.2 Å². The van der Waals surface area contributed by atoms with E-state index in [-0.39, 0.29) is 5.56 Å². The summed E-state index contributed by atoms with van der Waals surface area (Å²) < 4.78 is 1.51. The second-order valence-electron chi connectivity index (χ2n) is 3.70. The maximum absolute atomic E-state index is 12.2. The van der Waals surface area contributed by atoms with Crippen LogP contribution in [0.4, 0.5) is 0 Å². The molecule has 0 atom stereocenters. The average Bonchev–Trinajstić information content (AvgIpc) is 2.84. The van der Waals surface area contributed by atoms with Crippen LogP contribution in [-0.2, 0) is 0 Å². The number of fused-ring (bicyclic) bond motifs is 1. The van der Waals surface area contributed by atoms with E-state index in [1.165, 1.54) is 16.9 Å². The standard InChI is InChI=1S/C11H9N5O/c1-7-3-2-4-16-10(7)12-5-8(11(16)17)9-13-6-14-15-9/h2-6H,1H3,(H,13,14,15). The van der Waals surface area contributed by atoms with Crippen LogP contribution in [0.2, 0.25) is 0 Å². The van der Waals surface area contributed by atoms with Crippen molar-refractivity contribution in [2.45, 2.75) is 6.92 Å². The van der Waals surface area contributed by atoms with Gasteiger partial charge < -0.3 is 0 Å². The van der Waals surface area contributed by atoms with E-state index in [1.807, 2.05) is 19.1 Å². The lowest BCUT2D eigenvalue weighted by Gasteiger charge is -2.03. The lowest BCUT2D eigenvalue weighted by Crippen LogP contribution is -2.17. The molecule has 3 aromatic rings. The molecule has 1 N–H and O–H groups in total. The summed E-state index contributed by atoms with van der Waals surface area (Å²) in [7, 11) is 0. The van der Waals surface area contributed by atoms with Gasteiger partial charge in [0.1, 0.15) is 17.5 Å². The Labute approximate surface area is 96.0 Å². The third-order valence-corrected chi connectivity index (χ3v) is 2.60. The first-order valence-electron chi connectivity index (χ1n) is 5.10. The van der Waals surface area contributed by atoms with Gasteiger partial charge in [0.05, 0.1) is 0 Å². The molecule has 3 aromatic heterocycles. The molecule has 0 aliphatic carbocycles. The minimum atomic E-state index is -0.157. The fraction of sp³-hybridized carbons (Fsp3) is 0.0909. The Balaban J connectivity index is 2.38. The van der Waals surface area contributed by atoms with Crippen molar-refractivity contribution < 1.29 is 0 Å². The zero-order valence-corrected chi connectivity index (χ0v) is 9.08. The molecule has 0 amide bonds. The van der Waals surface area contributed by atoms with Gasteiger partial charge in [-0.2, -0.15) is 5.10 Å². The van der Waals surface area contributed by atoms with E-state index >= 15 is 0 Å². The van der Waals surface area contributed by atoms with Crippen LogP contribution < -0.4 is 5.56 Å². The summed E-state index contributed by atoms with van der Waals surface area (Å²) in [6.07, 6.45) is 4.57. The van der Waals surface area contributed by atoms with E-state index in [9.17, 15) is 4.79 Å². The van der Waals surface area contributed by atoms with Gasteiger partial charge in [-0.05, 0) is 18.6 Å². The Morgan fingerprint density at radius 3 is 3.00 bits per heavy atom. The van der Waals surface area contributed by atoms with Crippen LogP contribution in [0.1, 0.15) is 5.56 Å². The van der Waals surface area contributed by atoms with Crippen LogP contribution >= 0.6 is 0 Å². The smallest absolute Gasteiger partial charge is 0.268 e. The van der Waals surface area contributed by atoms with Gasteiger partial charge in [0.15, 0.2) is 5.82 Å². The number of pyridine rings is 1. The molecule has 3 heterocycles. The Kier molecular flexibility index (Phi) is 2.01. The van der Waals surface area contributed by atoms with Crippen molar-refractivity contribution in [2.75, 3.05) is 0 Å². The molecule has 0 spiro atoms. The predicted molar refractivity (Wildman–Crippen MR) is 61.6 cm³/mol. The van der Waals surface area contributed by atoms with Crippen molar-refractivity contribution in [3.05, 3.63) is 46.8 Å². The topological polar surface area (TPSA) is 75.9 Å². The molecule has 0 radical (unpaired) electrons. The molecule has 0 aromatic carbocycles. The SMILES string of the molecule is Cc1cccn2c(=O)c(-c3ncn[nH]3)cnc12. The fourth-order valence-electron chi connectivity index (χ4n) is 1.74. The normalized spacial score (nSPS) is 10.9. The maximum Gasteiger partial charge on any atom is 0.268 e. The Bertz CT molecular complexity index is 729. The highest BCUT2D eigenvalue weighted by atomic mass is 16.1. The van der Waals surface area contributed by atoms with Crippen molar-refractivity contribution in [1.82, 2.24) is 24.6 Å². The zero-order valence-electron chi connectivity index (χ0n) is 9.08. The highest BCUT2D eigenvalue weighted by Gasteiger charge is 2.09. The average molecular weight is 227 g/mol. The molecule has 0 bridgehead atoms. The number of H-pyrrole nitrogens is 1. The summed E-state index contributed by atoms with van der Waals surface area (Å²) in [6, 6.07) is 3.73. The van der Waals surface area contributed by atoms with Gasteiger partial charge in [-0.1, -0.05) is 6.07 Å². The van der Waals surface area contributed by atoms with Gasteiger partial charge in [0.2, 0.25) is 0 Å². The van der Waals surface area contributed by atoms with Crippen molar-refractivity contribution in [3.8, 4) is 11.4 Å². The summed E-state index contributed by atoms with van der Waals surface area (Å²) in [6.45, 7) is 1.91. The van der Waals surface area contributed by atoms with Crippen molar-refractivity contribution in [1.29, 1.82) is 0 Å². The summed E-state index contributed by atoms with van der Waals surface area (Å²) >= 11 is 0. The lowest BCUT2D eigenvalue weighted by atomic mass is 10.2. The Morgan fingerprint density at radius 2 is 2.24 bits per heavy atom. The Hall–Kier alpha value is -2.50. The van der Waals surface area contributed by atoms with Crippen molar-refractivity contribution >= 4 is 5.65 Å². The quantitative estimate of drug-likeness (QED) is 0.666. The molecule has 0 fully saturated rings. The first-order valence-corrected chi connectivity index (χ1v) is 5.10. The minimum Gasteiger partial charge on any atom is -0.268 e. The van der Waals surface area contributed by atoms with Crippen LogP contribution in [0.25, 0.3) is 17.0 Å². The van der Waals surface area contributed by atoms with E-state index in [0.29, 0.717) is 17.0 Å². The van der Waals surface area contributed by atoms with Gasteiger partial charge in [0, 0.05) is 12.4 Å². The van der Waals surface area contributed by atoms with Gasteiger partial charge in [-0.15, -0.1) is 0 Å². The summed E-state index contributed by atoms with van der Waals surface area (Å²) in [5.41, 5.74) is 1.86. The number of aromatic amines is 1. The van der Waals surface area contributed by atoms with E-state index in [4.69, 9.17) is 0 Å². The molecule has 0 unspecified atom stereocenters. The minimum absolute atomic E-state index is 0.157. The second-order valence-corrected chi connectivity index (χ2v) is 3.70. The first-order chi connectivity index (χ1) is 8.27. The third-order valence-electron chi connectivity index (χ3n) is 2.60. The molecule has 3 rings (SSSR count). The first kappa shape index (κ1) is 9.71. The number of nitrogens with zero attached hydrogens (tertiary/aromatic N) is 4. The van der Waals surface area contributed by atoms with E-state index in [1.54, 1.807) is 6.20 Å². The monoisotopic (exact) mass is 227 g/mol. The van der Waals surface area contributed by atoms with Gasteiger partial charge in [-0.25, -0.2) is 9.97 Å².